The van der Waals surface area contributed by atoms with Crippen LogP contribution < -0.4 is 10.1 Å². The Balaban J connectivity index is 1.47. The zero-order valence-corrected chi connectivity index (χ0v) is 15.0. The van der Waals surface area contributed by atoms with Crippen LogP contribution in [0, 0.1) is 13.8 Å². The average Bonchev–Trinajstić information content (AvgIpc) is 3.11. The molecule has 25 heavy (non-hydrogen) atoms. The van der Waals surface area contributed by atoms with Gasteiger partial charge in [0.1, 0.15) is 5.75 Å². The van der Waals surface area contributed by atoms with E-state index in [0.29, 0.717) is 0 Å². The highest BCUT2D eigenvalue weighted by Gasteiger charge is 2.11. The summed E-state index contributed by atoms with van der Waals surface area (Å²) in [4.78, 5) is 14.5. The Labute approximate surface area is 149 Å². The summed E-state index contributed by atoms with van der Waals surface area (Å²) in [5.41, 5.74) is 4.46. The number of hydrogen-bond acceptors (Lipinski definition) is 3. The van der Waals surface area contributed by atoms with E-state index in [1.54, 1.807) is 0 Å². The van der Waals surface area contributed by atoms with E-state index in [2.05, 4.69) is 29.3 Å². The number of aryl methyl sites for hydroxylation is 2. The Bertz CT molecular complexity index is 719. The average molecular weight is 338 g/mol. The van der Waals surface area contributed by atoms with Crippen LogP contribution in [0.3, 0.4) is 0 Å². The van der Waals surface area contributed by atoms with Gasteiger partial charge in [0.05, 0.1) is 0 Å². The zero-order valence-electron chi connectivity index (χ0n) is 15.0. The van der Waals surface area contributed by atoms with E-state index in [-0.39, 0.29) is 12.5 Å². The number of benzene rings is 2. The number of nitrogens with one attached hydrogen (secondary N) is 1. The number of carbonyl (C=O) groups is 1. The predicted octanol–water partition coefficient (Wildman–Crippen LogP) is 3.92. The van der Waals surface area contributed by atoms with Crippen LogP contribution in [0.25, 0.3) is 0 Å². The molecule has 1 saturated heterocycles. The summed E-state index contributed by atoms with van der Waals surface area (Å²) in [5.74, 6) is 0.574. The van der Waals surface area contributed by atoms with Crippen LogP contribution in [0.15, 0.2) is 42.5 Å². The van der Waals surface area contributed by atoms with Crippen molar-refractivity contribution in [2.45, 2.75) is 33.2 Å². The monoisotopic (exact) mass is 338 g/mol. The van der Waals surface area contributed by atoms with E-state index in [1.807, 2.05) is 37.3 Å². The standard InChI is InChI=1S/C21H26N2O2/c1-16-5-10-20(13-17(16)2)25-15-21(24)22-19-8-6-18(7-9-19)14-23-11-3-4-12-23/h5-10,13H,3-4,11-12,14-15H2,1-2H3,(H,22,24). The fourth-order valence-electron chi connectivity index (χ4n) is 3.04. The molecule has 2 aromatic carbocycles. The molecule has 2 aromatic rings. The summed E-state index contributed by atoms with van der Waals surface area (Å²) in [6.45, 7) is 7.47. The summed E-state index contributed by atoms with van der Waals surface area (Å²) >= 11 is 0. The first kappa shape index (κ1) is 17.5. The van der Waals surface area contributed by atoms with Crippen molar-refractivity contribution in [1.29, 1.82) is 0 Å². The highest BCUT2D eigenvalue weighted by Crippen LogP contribution is 2.17. The molecular formula is C21H26N2O2. The van der Waals surface area contributed by atoms with Crippen molar-refractivity contribution in [2.75, 3.05) is 25.0 Å². The van der Waals surface area contributed by atoms with Crippen molar-refractivity contribution in [3.63, 3.8) is 0 Å². The number of anilines is 1. The number of likely N-dealkylation sites (tertiary alicyclic amines) is 1. The molecule has 0 aromatic heterocycles. The van der Waals surface area contributed by atoms with Gasteiger partial charge in [-0.3, -0.25) is 9.69 Å². The van der Waals surface area contributed by atoms with Crippen molar-refractivity contribution in [3.05, 3.63) is 59.2 Å². The zero-order chi connectivity index (χ0) is 17.6. The molecule has 1 N–H and O–H groups in total. The van der Waals surface area contributed by atoms with Gasteiger partial charge in [0.25, 0.3) is 5.91 Å². The third-order valence-electron chi connectivity index (χ3n) is 4.69. The molecule has 1 aliphatic heterocycles. The Morgan fingerprint density at radius 3 is 2.44 bits per heavy atom. The van der Waals surface area contributed by atoms with E-state index < -0.39 is 0 Å². The Morgan fingerprint density at radius 1 is 1.04 bits per heavy atom. The second kappa shape index (κ2) is 8.17. The molecule has 1 amide bonds. The van der Waals surface area contributed by atoms with Gasteiger partial charge in [-0.2, -0.15) is 0 Å². The first-order chi connectivity index (χ1) is 12.1. The van der Waals surface area contributed by atoms with Crippen LogP contribution in [-0.4, -0.2) is 30.5 Å². The molecule has 3 rings (SSSR count). The van der Waals surface area contributed by atoms with Crippen molar-refractivity contribution < 1.29 is 9.53 Å². The minimum Gasteiger partial charge on any atom is -0.484 e. The maximum atomic E-state index is 12.1. The lowest BCUT2D eigenvalue weighted by molar-refractivity contribution is -0.118. The van der Waals surface area contributed by atoms with Crippen molar-refractivity contribution in [1.82, 2.24) is 4.90 Å². The summed E-state index contributed by atoms with van der Waals surface area (Å²) in [5, 5.41) is 2.88. The molecule has 4 nitrogen and oxygen atoms in total. The molecule has 1 aliphatic rings. The van der Waals surface area contributed by atoms with E-state index in [4.69, 9.17) is 4.74 Å². The van der Waals surface area contributed by atoms with Gasteiger partial charge >= 0.3 is 0 Å². The number of hydrogen-bond donors (Lipinski definition) is 1. The fraction of sp³-hybridized carbons (Fsp3) is 0.381. The quantitative estimate of drug-likeness (QED) is 0.868. The summed E-state index contributed by atoms with van der Waals surface area (Å²) < 4.78 is 5.57. The van der Waals surface area contributed by atoms with Gasteiger partial charge in [-0.25, -0.2) is 0 Å². The smallest absolute Gasteiger partial charge is 0.262 e. The predicted molar refractivity (Wildman–Crippen MR) is 101 cm³/mol. The van der Waals surface area contributed by atoms with Crippen LogP contribution >= 0.6 is 0 Å². The van der Waals surface area contributed by atoms with Crippen LogP contribution in [0.2, 0.25) is 0 Å². The third-order valence-corrected chi connectivity index (χ3v) is 4.69. The molecule has 0 aliphatic carbocycles. The first-order valence-corrected chi connectivity index (χ1v) is 8.91. The molecule has 4 heteroatoms. The van der Waals surface area contributed by atoms with Crippen LogP contribution in [0.1, 0.15) is 29.5 Å². The van der Waals surface area contributed by atoms with Gasteiger partial charge in [0.15, 0.2) is 6.61 Å². The molecule has 0 unspecified atom stereocenters. The van der Waals surface area contributed by atoms with Gasteiger partial charge in [0.2, 0.25) is 0 Å². The maximum Gasteiger partial charge on any atom is 0.262 e. The molecule has 0 atom stereocenters. The van der Waals surface area contributed by atoms with E-state index in [0.717, 1.165) is 23.5 Å². The van der Waals surface area contributed by atoms with E-state index in [9.17, 15) is 4.79 Å². The van der Waals surface area contributed by atoms with Crippen LogP contribution in [0.5, 0.6) is 5.75 Å². The molecule has 0 bridgehead atoms. The summed E-state index contributed by atoms with van der Waals surface area (Å²) in [6, 6.07) is 13.9. The molecule has 1 heterocycles. The fourth-order valence-corrected chi connectivity index (χ4v) is 3.04. The highest BCUT2D eigenvalue weighted by atomic mass is 16.5. The minimum absolute atomic E-state index is 0.0119. The lowest BCUT2D eigenvalue weighted by Gasteiger charge is -2.15. The van der Waals surface area contributed by atoms with Crippen molar-refractivity contribution in [2.24, 2.45) is 0 Å². The molecule has 132 valence electrons. The number of ether oxygens (including phenoxy) is 1. The number of carbonyl (C=O) groups excluding carboxylic acids is 1. The topological polar surface area (TPSA) is 41.6 Å². The van der Waals surface area contributed by atoms with Crippen molar-refractivity contribution in [3.8, 4) is 5.75 Å². The number of rotatable bonds is 6. The summed E-state index contributed by atoms with van der Waals surface area (Å²) in [6.07, 6.45) is 2.60. The Morgan fingerprint density at radius 2 is 1.76 bits per heavy atom. The lowest BCUT2D eigenvalue weighted by Crippen LogP contribution is -2.20. The largest absolute Gasteiger partial charge is 0.484 e. The third kappa shape index (κ3) is 5.07. The SMILES string of the molecule is Cc1ccc(OCC(=O)Nc2ccc(CN3CCCC3)cc2)cc1C. The highest BCUT2D eigenvalue weighted by molar-refractivity contribution is 5.91. The number of amides is 1. The molecular weight excluding hydrogens is 312 g/mol. The van der Waals surface area contributed by atoms with Crippen LogP contribution in [-0.2, 0) is 11.3 Å². The van der Waals surface area contributed by atoms with Gasteiger partial charge in [-0.15, -0.1) is 0 Å². The molecule has 1 fully saturated rings. The minimum atomic E-state index is -0.148. The van der Waals surface area contributed by atoms with E-state index >= 15 is 0 Å². The van der Waals surface area contributed by atoms with E-state index in [1.165, 1.54) is 37.1 Å². The van der Waals surface area contributed by atoms with Gasteiger partial charge < -0.3 is 10.1 Å². The molecule has 0 spiro atoms. The second-order valence-electron chi connectivity index (χ2n) is 6.76. The first-order valence-electron chi connectivity index (χ1n) is 8.91. The van der Waals surface area contributed by atoms with Gasteiger partial charge in [-0.1, -0.05) is 18.2 Å². The Kier molecular flexibility index (Phi) is 5.71. The molecule has 0 radical (unpaired) electrons. The lowest BCUT2D eigenvalue weighted by atomic mass is 10.1. The van der Waals surface area contributed by atoms with Crippen LogP contribution in [0.4, 0.5) is 5.69 Å². The van der Waals surface area contributed by atoms with Gasteiger partial charge in [-0.05, 0) is 80.7 Å². The number of nitrogens with zero attached hydrogens (tertiary/aromatic N) is 1. The second-order valence-corrected chi connectivity index (χ2v) is 6.76. The van der Waals surface area contributed by atoms with Gasteiger partial charge in [0, 0.05) is 12.2 Å². The maximum absolute atomic E-state index is 12.1. The Hall–Kier alpha value is -2.33. The normalized spacial score (nSPS) is 14.5. The van der Waals surface area contributed by atoms with Crippen molar-refractivity contribution >= 4 is 11.6 Å². The molecule has 0 saturated carbocycles. The summed E-state index contributed by atoms with van der Waals surface area (Å²) in [7, 11) is 0.